The summed E-state index contributed by atoms with van der Waals surface area (Å²) in [7, 11) is -3.92. The minimum absolute atomic E-state index is 0.367. The van der Waals surface area contributed by atoms with E-state index < -0.39 is 33.1 Å². The Morgan fingerprint density at radius 3 is 2.50 bits per heavy atom. The van der Waals surface area contributed by atoms with Crippen LogP contribution in [0.5, 0.6) is 5.75 Å². The van der Waals surface area contributed by atoms with Crippen molar-refractivity contribution in [2.75, 3.05) is 5.75 Å². The molecule has 0 atom stereocenters. The second kappa shape index (κ2) is 4.45. The molecule has 1 aromatic rings. The molecule has 0 amide bonds. The summed E-state index contributed by atoms with van der Waals surface area (Å²) in [5, 5.41) is 8.40. The molecule has 4 nitrogen and oxygen atoms in total. The molecule has 0 unspecified atom stereocenters. The molecule has 0 aliphatic heterocycles. The Morgan fingerprint density at radius 1 is 1.38 bits per heavy atom. The quantitative estimate of drug-likeness (QED) is 0.760. The van der Waals surface area contributed by atoms with Gasteiger partial charge in [-0.1, -0.05) is 0 Å². The third kappa shape index (κ3) is 2.67. The van der Waals surface area contributed by atoms with E-state index in [9.17, 15) is 17.2 Å². The fourth-order valence-electron chi connectivity index (χ4n) is 0.874. The lowest BCUT2D eigenvalue weighted by Crippen LogP contribution is -2.12. The Labute approximate surface area is 91.2 Å². The smallest absolute Gasteiger partial charge is 0.309 e. The second-order valence-electron chi connectivity index (χ2n) is 2.80. The molecule has 7 heteroatoms. The second-order valence-corrected chi connectivity index (χ2v) is 4.66. The van der Waals surface area contributed by atoms with Crippen molar-refractivity contribution in [1.29, 1.82) is 5.26 Å². The molecule has 1 aromatic carbocycles. The number of rotatable bonds is 3. The molecule has 0 aromatic heterocycles. The van der Waals surface area contributed by atoms with Gasteiger partial charge in [0.2, 0.25) is 0 Å². The summed E-state index contributed by atoms with van der Waals surface area (Å²) in [6.07, 6.45) is 0. The van der Waals surface area contributed by atoms with Crippen molar-refractivity contribution in [2.24, 2.45) is 0 Å². The van der Waals surface area contributed by atoms with Crippen LogP contribution in [0.15, 0.2) is 12.1 Å². The summed E-state index contributed by atoms with van der Waals surface area (Å²) in [4.78, 5) is 0. The standard InChI is InChI=1S/C9H7F2NO3S/c1-2-16(13,14)15-9-4-7(10)6(5-12)3-8(9)11/h3-4H,2H2,1H3. The number of hydrogen-bond donors (Lipinski definition) is 0. The molecule has 0 aliphatic rings. The molecular formula is C9H7F2NO3S. The largest absolute Gasteiger partial charge is 0.379 e. The first kappa shape index (κ1) is 12.4. The summed E-state index contributed by atoms with van der Waals surface area (Å²) in [6, 6.07) is 2.53. The van der Waals surface area contributed by atoms with Crippen LogP contribution in [0.3, 0.4) is 0 Å². The van der Waals surface area contributed by atoms with Gasteiger partial charge in [-0.2, -0.15) is 13.7 Å². The van der Waals surface area contributed by atoms with E-state index in [1.54, 1.807) is 0 Å². The van der Waals surface area contributed by atoms with E-state index in [1.807, 2.05) is 0 Å². The van der Waals surface area contributed by atoms with Crippen molar-refractivity contribution in [3.05, 3.63) is 29.3 Å². The fraction of sp³-hybridized carbons (Fsp3) is 0.222. The van der Waals surface area contributed by atoms with Crippen molar-refractivity contribution in [3.8, 4) is 11.8 Å². The highest BCUT2D eigenvalue weighted by molar-refractivity contribution is 7.87. The number of hydrogen-bond acceptors (Lipinski definition) is 4. The molecule has 0 aliphatic carbocycles. The summed E-state index contributed by atoms with van der Waals surface area (Å²) in [6.45, 7) is 1.30. The number of benzene rings is 1. The lowest BCUT2D eigenvalue weighted by molar-refractivity contribution is 0.458. The number of halogens is 2. The first-order valence-electron chi connectivity index (χ1n) is 4.21. The average Bonchev–Trinajstić information content (AvgIpc) is 2.22. The Hall–Kier alpha value is -1.68. The lowest BCUT2D eigenvalue weighted by Gasteiger charge is -2.06. The van der Waals surface area contributed by atoms with Crippen LogP contribution in [0.2, 0.25) is 0 Å². The normalized spacial score (nSPS) is 10.9. The molecule has 0 heterocycles. The van der Waals surface area contributed by atoms with E-state index in [1.165, 1.54) is 13.0 Å². The van der Waals surface area contributed by atoms with Gasteiger partial charge in [0.25, 0.3) is 0 Å². The van der Waals surface area contributed by atoms with Crippen LogP contribution in [-0.4, -0.2) is 14.2 Å². The first-order valence-corrected chi connectivity index (χ1v) is 5.78. The molecule has 0 spiro atoms. The maximum Gasteiger partial charge on any atom is 0.309 e. The predicted molar refractivity (Wildman–Crippen MR) is 51.2 cm³/mol. The first-order chi connectivity index (χ1) is 7.39. The van der Waals surface area contributed by atoms with E-state index in [0.717, 1.165) is 0 Å². The minimum Gasteiger partial charge on any atom is -0.379 e. The van der Waals surface area contributed by atoms with Gasteiger partial charge in [0.1, 0.15) is 11.9 Å². The van der Waals surface area contributed by atoms with Gasteiger partial charge >= 0.3 is 10.1 Å². The van der Waals surface area contributed by atoms with Gasteiger partial charge in [0, 0.05) is 6.07 Å². The molecule has 16 heavy (non-hydrogen) atoms. The molecule has 86 valence electrons. The van der Waals surface area contributed by atoms with Crippen molar-refractivity contribution in [3.63, 3.8) is 0 Å². The van der Waals surface area contributed by atoms with Gasteiger partial charge in [-0.25, -0.2) is 8.78 Å². The van der Waals surface area contributed by atoms with Gasteiger partial charge < -0.3 is 4.18 Å². The average molecular weight is 247 g/mol. The third-order valence-corrected chi connectivity index (χ3v) is 2.85. The molecule has 0 fully saturated rings. The van der Waals surface area contributed by atoms with Crippen LogP contribution in [0.4, 0.5) is 8.78 Å². The Balaban J connectivity index is 3.19. The number of nitrogens with zero attached hydrogens (tertiary/aromatic N) is 1. The molecule has 0 bridgehead atoms. The highest BCUT2D eigenvalue weighted by Gasteiger charge is 2.16. The Kier molecular flexibility index (Phi) is 3.44. The minimum atomic E-state index is -3.92. The molecule has 0 N–H and O–H groups in total. The van der Waals surface area contributed by atoms with Crippen LogP contribution in [0.25, 0.3) is 0 Å². The Bertz CT molecular complexity index is 549. The summed E-state index contributed by atoms with van der Waals surface area (Å²) >= 11 is 0. The third-order valence-electron chi connectivity index (χ3n) is 1.71. The zero-order chi connectivity index (χ0) is 12.3. The SMILES string of the molecule is CCS(=O)(=O)Oc1cc(F)c(C#N)cc1F. The van der Waals surface area contributed by atoms with Crippen LogP contribution in [0, 0.1) is 23.0 Å². The predicted octanol–water partition coefficient (Wildman–Crippen LogP) is 1.56. The van der Waals surface area contributed by atoms with Crippen molar-refractivity contribution < 1.29 is 21.4 Å². The highest BCUT2D eigenvalue weighted by Crippen LogP contribution is 2.22. The van der Waals surface area contributed by atoms with E-state index in [-0.39, 0.29) is 5.75 Å². The zero-order valence-corrected chi connectivity index (χ0v) is 9.01. The van der Waals surface area contributed by atoms with Crippen molar-refractivity contribution in [1.82, 2.24) is 0 Å². The van der Waals surface area contributed by atoms with Gasteiger partial charge in [0.15, 0.2) is 11.6 Å². The lowest BCUT2D eigenvalue weighted by atomic mass is 10.2. The zero-order valence-electron chi connectivity index (χ0n) is 8.20. The molecule has 0 radical (unpaired) electrons. The van der Waals surface area contributed by atoms with E-state index in [2.05, 4.69) is 4.18 Å². The van der Waals surface area contributed by atoms with E-state index >= 15 is 0 Å². The van der Waals surface area contributed by atoms with Crippen LogP contribution >= 0.6 is 0 Å². The van der Waals surface area contributed by atoms with Crippen LogP contribution in [0.1, 0.15) is 12.5 Å². The van der Waals surface area contributed by atoms with E-state index in [0.29, 0.717) is 12.1 Å². The molecule has 0 saturated heterocycles. The van der Waals surface area contributed by atoms with E-state index in [4.69, 9.17) is 5.26 Å². The maximum absolute atomic E-state index is 13.2. The molecular weight excluding hydrogens is 240 g/mol. The van der Waals surface area contributed by atoms with Gasteiger partial charge in [-0.15, -0.1) is 0 Å². The van der Waals surface area contributed by atoms with Gasteiger partial charge in [0.05, 0.1) is 11.3 Å². The molecule has 1 rings (SSSR count). The maximum atomic E-state index is 13.2. The monoisotopic (exact) mass is 247 g/mol. The highest BCUT2D eigenvalue weighted by atomic mass is 32.2. The van der Waals surface area contributed by atoms with Gasteiger partial charge in [-0.05, 0) is 13.0 Å². The molecule has 0 saturated carbocycles. The van der Waals surface area contributed by atoms with Crippen molar-refractivity contribution >= 4 is 10.1 Å². The van der Waals surface area contributed by atoms with Crippen LogP contribution in [-0.2, 0) is 10.1 Å². The summed E-state index contributed by atoms with van der Waals surface area (Å²) in [5.41, 5.74) is -0.515. The topological polar surface area (TPSA) is 67.2 Å². The summed E-state index contributed by atoms with van der Waals surface area (Å²) in [5.74, 6) is -3.26. The summed E-state index contributed by atoms with van der Waals surface area (Å²) < 4.78 is 52.6. The fourth-order valence-corrected chi connectivity index (χ4v) is 1.39. The Morgan fingerprint density at radius 2 is 2.00 bits per heavy atom. The van der Waals surface area contributed by atoms with Gasteiger partial charge in [-0.3, -0.25) is 0 Å². The van der Waals surface area contributed by atoms with Crippen molar-refractivity contribution in [2.45, 2.75) is 6.92 Å². The number of nitriles is 1. The van der Waals surface area contributed by atoms with Crippen LogP contribution < -0.4 is 4.18 Å².